The lowest BCUT2D eigenvalue weighted by molar-refractivity contribution is 0.244. The molecule has 1 aromatic rings. The summed E-state index contributed by atoms with van der Waals surface area (Å²) in [6.45, 7) is 0. The van der Waals surface area contributed by atoms with E-state index in [9.17, 15) is 8.78 Å². The van der Waals surface area contributed by atoms with Gasteiger partial charge in [0, 0.05) is 6.08 Å². The Morgan fingerprint density at radius 1 is 0.781 bits per heavy atom. The number of hydrogen-bond donors (Lipinski definition) is 0. The van der Waals surface area contributed by atoms with E-state index in [1.807, 2.05) is 18.2 Å². The molecule has 0 heterocycles. The Morgan fingerprint density at radius 2 is 1.38 bits per heavy atom. The van der Waals surface area contributed by atoms with E-state index < -0.39 is 11.6 Å². The Hall–Kier alpha value is -1.95. The number of nitriles is 1. The first-order valence-corrected chi connectivity index (χ1v) is 12.8. The van der Waals surface area contributed by atoms with Crippen LogP contribution < -0.4 is 0 Å². The number of rotatable bonds is 10. The summed E-state index contributed by atoms with van der Waals surface area (Å²) in [5, 5.41) is 8.47. The van der Waals surface area contributed by atoms with Crippen molar-refractivity contribution in [2.75, 3.05) is 0 Å². The van der Waals surface area contributed by atoms with E-state index in [0.717, 1.165) is 42.6 Å². The van der Waals surface area contributed by atoms with Crippen molar-refractivity contribution in [3.05, 3.63) is 59.7 Å². The second-order valence-corrected chi connectivity index (χ2v) is 10.1. The van der Waals surface area contributed by atoms with Crippen LogP contribution in [0.1, 0.15) is 101 Å². The highest BCUT2D eigenvalue weighted by atomic mass is 19.2. The summed E-state index contributed by atoms with van der Waals surface area (Å²) in [7, 11) is 0. The molecule has 0 spiro atoms. The Labute approximate surface area is 193 Å². The van der Waals surface area contributed by atoms with Crippen molar-refractivity contribution in [3.8, 4) is 6.07 Å². The van der Waals surface area contributed by atoms with Gasteiger partial charge in [0.15, 0.2) is 11.6 Å². The number of benzene rings is 1. The van der Waals surface area contributed by atoms with E-state index in [1.54, 1.807) is 6.07 Å². The van der Waals surface area contributed by atoms with Crippen molar-refractivity contribution in [2.45, 2.75) is 95.8 Å². The van der Waals surface area contributed by atoms with Crippen LogP contribution in [-0.4, -0.2) is 0 Å². The van der Waals surface area contributed by atoms with Crippen molar-refractivity contribution in [1.29, 1.82) is 5.26 Å². The standard InChI is InChI=1S/C29H39F2N/c30-28-20-19-27(22-29(28)31)26-17-15-25(16-18-26)10-6-5-9-24-13-11-23(12-14-24)8-4-2-1-3-7-21-32/h1-3,7,19-20,22-26H,4-6,8-18H2/t23-,24-,25-,26-. The summed E-state index contributed by atoms with van der Waals surface area (Å²) >= 11 is 0. The molecule has 174 valence electrons. The molecular formula is C29H39F2N. The highest BCUT2D eigenvalue weighted by Crippen LogP contribution is 2.39. The third kappa shape index (κ3) is 8.19. The van der Waals surface area contributed by atoms with Crippen LogP contribution in [0.2, 0.25) is 0 Å². The van der Waals surface area contributed by atoms with Gasteiger partial charge in [0.05, 0.1) is 6.07 Å². The fraction of sp³-hybridized carbons (Fsp3) is 0.621. The van der Waals surface area contributed by atoms with Gasteiger partial charge in [-0.1, -0.05) is 75.7 Å². The molecule has 2 fully saturated rings. The minimum Gasteiger partial charge on any atom is -0.204 e. The molecule has 0 aliphatic heterocycles. The first-order valence-electron chi connectivity index (χ1n) is 12.8. The van der Waals surface area contributed by atoms with Crippen molar-refractivity contribution >= 4 is 0 Å². The monoisotopic (exact) mass is 439 g/mol. The van der Waals surface area contributed by atoms with Crippen LogP contribution in [0.15, 0.2) is 42.5 Å². The fourth-order valence-electron chi connectivity index (χ4n) is 5.83. The second-order valence-electron chi connectivity index (χ2n) is 10.1. The van der Waals surface area contributed by atoms with Crippen LogP contribution in [-0.2, 0) is 0 Å². The molecule has 0 radical (unpaired) electrons. The summed E-state index contributed by atoms with van der Waals surface area (Å²) < 4.78 is 26.7. The van der Waals surface area contributed by atoms with E-state index in [0.29, 0.717) is 5.92 Å². The topological polar surface area (TPSA) is 23.8 Å². The van der Waals surface area contributed by atoms with Crippen LogP contribution in [0.4, 0.5) is 8.78 Å². The summed E-state index contributed by atoms with van der Waals surface area (Å²) in [4.78, 5) is 0. The lowest BCUT2D eigenvalue weighted by atomic mass is 9.76. The molecule has 0 unspecified atom stereocenters. The van der Waals surface area contributed by atoms with Gasteiger partial charge in [-0.25, -0.2) is 8.78 Å². The van der Waals surface area contributed by atoms with Crippen molar-refractivity contribution in [3.63, 3.8) is 0 Å². The van der Waals surface area contributed by atoms with Gasteiger partial charge in [0.1, 0.15) is 0 Å². The van der Waals surface area contributed by atoms with Gasteiger partial charge in [0.25, 0.3) is 0 Å². The first-order chi connectivity index (χ1) is 15.7. The minimum absolute atomic E-state index is 0.404. The fourth-order valence-corrected chi connectivity index (χ4v) is 5.83. The zero-order chi connectivity index (χ0) is 22.6. The van der Waals surface area contributed by atoms with Gasteiger partial charge in [-0.15, -0.1) is 0 Å². The largest absolute Gasteiger partial charge is 0.204 e. The zero-order valence-electron chi connectivity index (χ0n) is 19.5. The Morgan fingerprint density at radius 3 is 1.97 bits per heavy atom. The van der Waals surface area contributed by atoms with Gasteiger partial charge >= 0.3 is 0 Å². The molecule has 0 aromatic heterocycles. The molecule has 2 saturated carbocycles. The average Bonchev–Trinajstić information content (AvgIpc) is 2.82. The Bertz CT molecular complexity index is 775. The number of unbranched alkanes of at least 4 members (excludes halogenated alkanes) is 1. The van der Waals surface area contributed by atoms with Gasteiger partial charge in [-0.2, -0.15) is 5.26 Å². The van der Waals surface area contributed by atoms with Gasteiger partial charge in [-0.3, -0.25) is 0 Å². The molecule has 0 N–H and O–H groups in total. The maximum atomic E-state index is 13.5. The lowest BCUT2D eigenvalue weighted by Gasteiger charge is -2.30. The molecule has 1 nitrogen and oxygen atoms in total. The van der Waals surface area contributed by atoms with Crippen LogP contribution in [0, 0.1) is 40.7 Å². The molecule has 3 heteroatoms. The summed E-state index contributed by atoms with van der Waals surface area (Å²) in [5.41, 5.74) is 0.977. The van der Waals surface area contributed by atoms with Gasteiger partial charge in [0.2, 0.25) is 0 Å². The predicted octanol–water partition coefficient (Wildman–Crippen LogP) is 9.02. The van der Waals surface area contributed by atoms with E-state index in [1.165, 1.54) is 88.8 Å². The molecule has 0 amide bonds. The van der Waals surface area contributed by atoms with Crippen molar-refractivity contribution < 1.29 is 8.78 Å². The summed E-state index contributed by atoms with van der Waals surface area (Å²) in [6.07, 6.45) is 25.7. The molecule has 0 bridgehead atoms. The highest BCUT2D eigenvalue weighted by molar-refractivity contribution is 5.22. The average molecular weight is 440 g/mol. The zero-order valence-corrected chi connectivity index (χ0v) is 19.5. The van der Waals surface area contributed by atoms with Crippen molar-refractivity contribution in [1.82, 2.24) is 0 Å². The van der Waals surface area contributed by atoms with E-state index in [2.05, 4.69) is 6.08 Å². The van der Waals surface area contributed by atoms with Gasteiger partial charge < -0.3 is 0 Å². The van der Waals surface area contributed by atoms with Crippen LogP contribution in [0.5, 0.6) is 0 Å². The van der Waals surface area contributed by atoms with Gasteiger partial charge in [-0.05, 0) is 79.9 Å². The molecule has 1 aromatic carbocycles. The summed E-state index contributed by atoms with van der Waals surface area (Å²) in [6, 6.07) is 6.46. The molecule has 3 rings (SSSR count). The molecule has 2 aliphatic carbocycles. The van der Waals surface area contributed by atoms with Crippen LogP contribution >= 0.6 is 0 Å². The predicted molar refractivity (Wildman–Crippen MR) is 128 cm³/mol. The second kappa shape index (κ2) is 13.6. The third-order valence-corrected chi connectivity index (χ3v) is 7.86. The summed E-state index contributed by atoms with van der Waals surface area (Å²) in [5.74, 6) is 1.60. The first kappa shape index (κ1) is 24.7. The van der Waals surface area contributed by atoms with Crippen LogP contribution in [0.3, 0.4) is 0 Å². The molecule has 0 atom stereocenters. The quantitative estimate of drug-likeness (QED) is 0.203. The third-order valence-electron chi connectivity index (χ3n) is 7.86. The smallest absolute Gasteiger partial charge is 0.159 e. The number of nitrogens with zero attached hydrogens (tertiary/aromatic N) is 1. The number of hydrogen-bond acceptors (Lipinski definition) is 1. The Balaban J connectivity index is 1.22. The maximum absolute atomic E-state index is 13.5. The normalized spacial score (nSPS) is 26.5. The molecule has 2 aliphatic rings. The molecule has 32 heavy (non-hydrogen) atoms. The van der Waals surface area contributed by atoms with E-state index >= 15 is 0 Å². The maximum Gasteiger partial charge on any atom is 0.159 e. The number of allylic oxidation sites excluding steroid dienone is 4. The molecule has 0 saturated heterocycles. The highest BCUT2D eigenvalue weighted by Gasteiger charge is 2.24. The molecular weight excluding hydrogens is 400 g/mol. The lowest BCUT2D eigenvalue weighted by Crippen LogP contribution is -2.15. The van der Waals surface area contributed by atoms with Crippen molar-refractivity contribution in [2.24, 2.45) is 17.8 Å². The van der Waals surface area contributed by atoms with E-state index in [4.69, 9.17) is 5.26 Å². The minimum atomic E-state index is -0.742. The van der Waals surface area contributed by atoms with E-state index in [-0.39, 0.29) is 0 Å². The van der Waals surface area contributed by atoms with Crippen LogP contribution in [0.25, 0.3) is 0 Å². The Kier molecular flexibility index (Phi) is 10.5. The number of halogens is 2. The SMILES string of the molecule is N#CC=CC=CCC[C@H]1CC[C@H](CCCC[C@H]2CC[C@H](c3ccc(F)c(F)c3)CC2)CC1.